The Kier molecular flexibility index (Phi) is 44.8. The molecular weight excluding hydrogens is 671 g/mol. The maximum Gasteiger partial charge on any atom is 0.302 e. The predicted octanol–water partition coefficient (Wildman–Crippen LogP) is -6.56. The number of carboxylic acid groups (broad SMARTS) is 5. The van der Waals surface area contributed by atoms with Crippen LogP contribution in [-0.2, 0) is 90.2 Å². The molecule has 0 aliphatic heterocycles. The van der Waals surface area contributed by atoms with Gasteiger partial charge in [0.15, 0.2) is 0 Å². The summed E-state index contributed by atoms with van der Waals surface area (Å²) < 4.78 is 21.5. The molecule has 0 rings (SSSR count). The Hall–Kier alpha value is -4.72. The van der Waals surface area contributed by atoms with E-state index in [9.17, 15) is 73.5 Å². The summed E-state index contributed by atoms with van der Waals surface area (Å²) in [4.78, 5) is 98.3. The summed E-state index contributed by atoms with van der Waals surface area (Å²) in [5.41, 5.74) is 0. The topological polar surface area (TPSA) is 332 Å². The molecule has 0 bridgehead atoms. The maximum absolute atomic E-state index is 9.99. The summed E-state index contributed by atoms with van der Waals surface area (Å²) in [5.74, 6) is -8.44. The Morgan fingerprint density at radius 3 is 0.500 bits per heavy atom. The zero-order valence-electron chi connectivity index (χ0n) is 25.7. The van der Waals surface area contributed by atoms with Crippen molar-refractivity contribution in [3.63, 3.8) is 0 Å². The van der Waals surface area contributed by atoms with Crippen molar-refractivity contribution in [2.24, 2.45) is 0 Å². The Morgan fingerprint density at radius 2 is 0.435 bits per heavy atom. The van der Waals surface area contributed by atoms with Crippen LogP contribution >= 0.6 is 0 Å². The smallest absolute Gasteiger partial charge is 0.302 e. The van der Waals surface area contributed by atoms with Crippen molar-refractivity contribution in [3.05, 3.63) is 0 Å². The third-order valence-corrected chi connectivity index (χ3v) is 3.06. The Balaban J connectivity index is -0.000000108. The Morgan fingerprint density at radius 1 is 0.326 bits per heavy atom. The minimum atomic E-state index is -1.21. The molecule has 20 nitrogen and oxygen atoms in total. The number of carbonyl (C=O) groups excluding carboxylic acids is 10. The zero-order chi connectivity index (χ0) is 36.4. The second-order valence-electron chi connectivity index (χ2n) is 7.31. The molecule has 0 aromatic rings. The quantitative estimate of drug-likeness (QED) is 0.113. The van der Waals surface area contributed by atoms with Gasteiger partial charge in [-0.25, -0.2) is 0 Å². The Bertz CT molecular complexity index is 702. The van der Waals surface area contributed by atoms with Crippen LogP contribution in [0.2, 0.25) is 0 Å². The first-order chi connectivity index (χ1) is 20.6. The number of carboxylic acids is 5. The van der Waals surface area contributed by atoms with E-state index in [0.29, 0.717) is 0 Å². The van der Waals surface area contributed by atoms with Crippen LogP contribution in [0.1, 0.15) is 66.7 Å². The first kappa shape index (κ1) is 53.8. The van der Waals surface area contributed by atoms with Crippen molar-refractivity contribution < 1.29 is 116 Å². The average molecular weight is 706 g/mol. The minimum Gasteiger partial charge on any atom is -0.550 e. The standard InChI is InChI=1S/5C5H8O4.V/c5*1-4(6)9-3-2-5(7)8;/h5*2-3H2,1H3,(H,7,8);/p-5. The number of hydrogen-bond donors (Lipinski definition) is 0. The van der Waals surface area contributed by atoms with Gasteiger partial charge in [-0.2, -0.15) is 0 Å². The van der Waals surface area contributed by atoms with E-state index < -0.39 is 59.7 Å². The second kappa shape index (κ2) is 38.3. The molecule has 0 spiro atoms. The molecular formula is C25H35O20V-5. The molecule has 265 valence electrons. The van der Waals surface area contributed by atoms with Crippen molar-refractivity contribution in [2.45, 2.75) is 66.7 Å². The van der Waals surface area contributed by atoms with Gasteiger partial charge in [0.25, 0.3) is 0 Å². The van der Waals surface area contributed by atoms with Crippen LogP contribution in [0.15, 0.2) is 0 Å². The zero-order valence-corrected chi connectivity index (χ0v) is 27.1. The molecule has 0 aliphatic rings. The second-order valence-corrected chi connectivity index (χ2v) is 7.31. The van der Waals surface area contributed by atoms with Gasteiger partial charge >= 0.3 is 29.8 Å². The fourth-order valence-corrected chi connectivity index (χ4v) is 1.39. The van der Waals surface area contributed by atoms with Gasteiger partial charge in [-0.3, -0.25) is 24.0 Å². The normalized spacial score (nSPS) is 8.37. The van der Waals surface area contributed by atoms with Crippen LogP contribution < -0.4 is 25.5 Å². The van der Waals surface area contributed by atoms with Crippen molar-refractivity contribution in [2.75, 3.05) is 33.0 Å². The van der Waals surface area contributed by atoms with Crippen molar-refractivity contribution in [1.29, 1.82) is 0 Å². The largest absolute Gasteiger partial charge is 0.550 e. The van der Waals surface area contributed by atoms with Crippen LogP contribution in [0.4, 0.5) is 0 Å². The van der Waals surface area contributed by atoms with E-state index in [0.717, 1.165) is 0 Å². The molecule has 0 heterocycles. The van der Waals surface area contributed by atoms with E-state index in [1.807, 2.05) is 0 Å². The van der Waals surface area contributed by atoms with Gasteiger partial charge < -0.3 is 73.2 Å². The van der Waals surface area contributed by atoms with Crippen LogP contribution in [-0.4, -0.2) is 92.7 Å². The molecule has 0 amide bonds. The van der Waals surface area contributed by atoms with Gasteiger partial charge in [-0.15, -0.1) is 0 Å². The average Bonchev–Trinajstić information content (AvgIpc) is 2.83. The van der Waals surface area contributed by atoms with Crippen molar-refractivity contribution in [1.82, 2.24) is 0 Å². The SMILES string of the molecule is CC(=O)OCCC(=O)[O-].CC(=O)OCCC(=O)[O-].CC(=O)OCCC(=O)[O-].CC(=O)OCCC(=O)[O-].CC(=O)OCCC(=O)[O-].[V]. The molecule has 46 heavy (non-hydrogen) atoms. The molecule has 1 radical (unpaired) electrons. The number of aliphatic carboxylic acids is 5. The molecule has 0 aliphatic carbocycles. The van der Waals surface area contributed by atoms with Crippen LogP contribution in [0, 0.1) is 0 Å². The molecule has 0 aromatic carbocycles. The van der Waals surface area contributed by atoms with Crippen molar-refractivity contribution in [3.8, 4) is 0 Å². The monoisotopic (exact) mass is 706 g/mol. The number of ether oxygens (including phenoxy) is 5. The molecule has 0 saturated heterocycles. The van der Waals surface area contributed by atoms with Gasteiger partial charge in [-0.1, -0.05) is 0 Å². The number of esters is 5. The van der Waals surface area contributed by atoms with Crippen LogP contribution in [0.3, 0.4) is 0 Å². The summed E-state index contributed by atoms with van der Waals surface area (Å²) >= 11 is 0. The van der Waals surface area contributed by atoms with E-state index in [4.69, 9.17) is 0 Å². The van der Waals surface area contributed by atoms with E-state index >= 15 is 0 Å². The summed E-state index contributed by atoms with van der Waals surface area (Å²) in [6.45, 7) is 5.59. The first-order valence-corrected chi connectivity index (χ1v) is 12.3. The Labute approximate surface area is 275 Å². The molecule has 0 aromatic heterocycles. The van der Waals surface area contributed by atoms with Gasteiger partial charge in [0, 0.05) is 115 Å². The minimum absolute atomic E-state index is 0. The molecule has 21 heteroatoms. The number of carbonyl (C=O) groups is 10. The molecule has 0 fully saturated rings. The van der Waals surface area contributed by atoms with E-state index in [2.05, 4.69) is 23.7 Å². The van der Waals surface area contributed by atoms with Gasteiger partial charge in [0.05, 0.1) is 33.0 Å². The van der Waals surface area contributed by atoms with Crippen LogP contribution in [0.5, 0.6) is 0 Å². The maximum atomic E-state index is 9.99. The third kappa shape index (κ3) is 90.1. The van der Waals surface area contributed by atoms with Crippen molar-refractivity contribution >= 4 is 59.7 Å². The predicted molar refractivity (Wildman–Crippen MR) is 131 cm³/mol. The molecule has 0 N–H and O–H groups in total. The first-order valence-electron chi connectivity index (χ1n) is 12.3. The summed E-state index contributed by atoms with van der Waals surface area (Å²) in [5, 5.41) is 48.4. The fourth-order valence-electron chi connectivity index (χ4n) is 1.39. The van der Waals surface area contributed by atoms with E-state index in [1.165, 1.54) is 34.6 Å². The summed E-state index contributed by atoms with van der Waals surface area (Å²) in [6.07, 6.45) is -1.18. The van der Waals surface area contributed by atoms with Crippen LogP contribution in [0.25, 0.3) is 0 Å². The molecule has 0 atom stereocenters. The van der Waals surface area contributed by atoms with E-state index in [1.54, 1.807) is 0 Å². The third-order valence-electron chi connectivity index (χ3n) is 3.06. The summed E-state index contributed by atoms with van der Waals surface area (Å²) in [7, 11) is 0. The van der Waals surface area contributed by atoms with Gasteiger partial charge in [0.2, 0.25) is 0 Å². The molecule has 0 unspecified atom stereocenters. The molecule has 0 saturated carbocycles. The van der Waals surface area contributed by atoms with E-state index in [-0.39, 0.29) is 83.7 Å². The van der Waals surface area contributed by atoms with Gasteiger partial charge in [0.1, 0.15) is 0 Å². The fraction of sp³-hybridized carbons (Fsp3) is 0.600. The number of rotatable bonds is 15. The number of hydrogen-bond acceptors (Lipinski definition) is 20. The van der Waals surface area contributed by atoms with Gasteiger partial charge in [-0.05, 0) is 0 Å². The summed E-state index contributed by atoms with van der Waals surface area (Å²) in [6, 6.07) is 0.